The Morgan fingerprint density at radius 2 is 1.08 bits per heavy atom. The molecule has 0 spiro atoms. The van der Waals surface area contributed by atoms with Crippen LogP contribution in [0.3, 0.4) is 0 Å². The predicted molar refractivity (Wildman–Crippen MR) is 260 cm³/mol. The van der Waals surface area contributed by atoms with Crippen LogP contribution in [0.1, 0.15) is 174 Å². The Labute approximate surface area is 386 Å². The number of hydrogen-bond acceptors (Lipinski definition) is 8. The van der Waals surface area contributed by atoms with Crippen LogP contribution in [0.4, 0.5) is 9.59 Å². The third-order valence-electron chi connectivity index (χ3n) is 12.3. The van der Waals surface area contributed by atoms with Crippen molar-refractivity contribution in [3.8, 4) is 0 Å². The van der Waals surface area contributed by atoms with Crippen LogP contribution in [-0.4, -0.2) is 74.9 Å². The van der Waals surface area contributed by atoms with Crippen molar-refractivity contribution in [1.82, 2.24) is 19.4 Å². The number of carbonyl (C=O) groups excluding carboxylic acids is 3. The predicted octanol–water partition coefficient (Wildman–Crippen LogP) is 12.0. The summed E-state index contributed by atoms with van der Waals surface area (Å²) in [5.74, 6) is -0.0471. The van der Waals surface area contributed by atoms with Gasteiger partial charge < -0.3 is 29.0 Å². The lowest BCUT2D eigenvalue weighted by Crippen LogP contribution is -2.42. The molecule has 2 saturated heterocycles. The molecule has 0 atom stereocenters. The number of esters is 1. The molecule has 2 aliphatic rings. The van der Waals surface area contributed by atoms with E-state index in [9.17, 15) is 24.0 Å². The van der Waals surface area contributed by atoms with Gasteiger partial charge in [0.2, 0.25) is 0 Å². The molecule has 4 aromatic rings. The summed E-state index contributed by atoms with van der Waals surface area (Å²) in [6.45, 7) is 15.7. The maximum absolute atomic E-state index is 13.6. The summed E-state index contributed by atoms with van der Waals surface area (Å²) in [6.07, 6.45) is 16.3. The van der Waals surface area contributed by atoms with Gasteiger partial charge in [-0.05, 0) is 121 Å². The average Bonchev–Trinajstić information content (AvgIpc) is 3.26. The number of H-pyrrole nitrogens is 1. The van der Waals surface area contributed by atoms with Crippen LogP contribution in [0.25, 0.3) is 21.8 Å². The average molecular weight is 897 g/mol. The van der Waals surface area contributed by atoms with Crippen LogP contribution in [-0.2, 0) is 25.7 Å². The van der Waals surface area contributed by atoms with Crippen LogP contribution in [0.5, 0.6) is 0 Å². The Kier molecular flexibility index (Phi) is 19.1. The monoisotopic (exact) mass is 897 g/mol. The van der Waals surface area contributed by atoms with Gasteiger partial charge in [-0.25, -0.2) is 9.59 Å². The van der Waals surface area contributed by atoms with Gasteiger partial charge in [-0.15, -0.1) is 0 Å². The number of ether oxygens (including phenoxy) is 3. The van der Waals surface area contributed by atoms with E-state index < -0.39 is 11.2 Å². The zero-order valence-corrected chi connectivity index (χ0v) is 40.4. The standard InChI is InChI=1S/C34H52N2O5.C19H24N2O3/c1-5-6-7-8-9-10-11-12-13-14-15-20-31(37)40-26-36-30-19-17-16-18-28(30)25-29(32(36)38)27-21-23-35(24-22-27)33(39)41-34(2,3)4;1-19(2,3)24-18(23)21-10-8-13(9-11-21)15-12-14-6-4-5-7-16(14)20-17(15)22/h16-19,25,27H,5-15,20-24,26H2,1-4H3;4-7,12-13H,8-11H2,1-3H3,(H,20,22). The molecular formula is C53H76N4O8. The summed E-state index contributed by atoms with van der Waals surface area (Å²) < 4.78 is 18.1. The van der Waals surface area contributed by atoms with Gasteiger partial charge in [0.1, 0.15) is 11.2 Å². The molecule has 0 bridgehead atoms. The van der Waals surface area contributed by atoms with E-state index in [-0.39, 0.29) is 47.8 Å². The first-order valence-electron chi connectivity index (χ1n) is 24.4. The number of aromatic amines is 1. The number of carbonyl (C=O) groups is 3. The fourth-order valence-corrected chi connectivity index (χ4v) is 8.78. The van der Waals surface area contributed by atoms with Crippen molar-refractivity contribution in [2.24, 2.45) is 0 Å². The van der Waals surface area contributed by atoms with Crippen LogP contribution in [0, 0.1) is 0 Å². The molecule has 6 rings (SSSR count). The number of piperidine rings is 2. The second-order valence-electron chi connectivity index (χ2n) is 19.9. The van der Waals surface area contributed by atoms with E-state index in [0.29, 0.717) is 51.0 Å². The summed E-state index contributed by atoms with van der Waals surface area (Å²) in [7, 11) is 0. The summed E-state index contributed by atoms with van der Waals surface area (Å²) >= 11 is 0. The molecule has 2 amide bonds. The number of aromatic nitrogens is 2. The molecule has 2 aliphatic heterocycles. The summed E-state index contributed by atoms with van der Waals surface area (Å²) in [4.78, 5) is 69.6. The zero-order valence-electron chi connectivity index (χ0n) is 40.4. The summed E-state index contributed by atoms with van der Waals surface area (Å²) in [5.41, 5.74) is 1.99. The lowest BCUT2D eigenvalue weighted by molar-refractivity contribution is -0.147. The minimum Gasteiger partial charge on any atom is -0.444 e. The van der Waals surface area contributed by atoms with E-state index in [1.807, 2.05) is 102 Å². The number of rotatable bonds is 16. The first-order valence-corrected chi connectivity index (χ1v) is 24.4. The van der Waals surface area contributed by atoms with Crippen molar-refractivity contribution < 1.29 is 28.6 Å². The second-order valence-corrected chi connectivity index (χ2v) is 19.9. The maximum Gasteiger partial charge on any atom is 0.410 e. The highest BCUT2D eigenvalue weighted by atomic mass is 16.6. The van der Waals surface area contributed by atoms with E-state index in [1.165, 1.54) is 51.4 Å². The van der Waals surface area contributed by atoms with Gasteiger partial charge >= 0.3 is 18.2 Å². The van der Waals surface area contributed by atoms with Crippen molar-refractivity contribution in [1.29, 1.82) is 0 Å². The molecule has 0 unspecified atom stereocenters. The third kappa shape index (κ3) is 16.1. The number of benzene rings is 2. The second kappa shape index (κ2) is 24.4. The van der Waals surface area contributed by atoms with E-state index in [4.69, 9.17) is 14.2 Å². The van der Waals surface area contributed by atoms with Crippen molar-refractivity contribution in [3.63, 3.8) is 0 Å². The Morgan fingerprint density at radius 3 is 1.62 bits per heavy atom. The first-order chi connectivity index (χ1) is 31.0. The molecule has 0 saturated carbocycles. The van der Waals surface area contributed by atoms with Crippen molar-refractivity contribution in [3.05, 3.63) is 92.5 Å². The third-order valence-corrected chi connectivity index (χ3v) is 12.3. The molecule has 2 fully saturated rings. The molecule has 1 N–H and O–H groups in total. The lowest BCUT2D eigenvalue weighted by atomic mass is 9.89. The van der Waals surface area contributed by atoms with Crippen LogP contribution >= 0.6 is 0 Å². The number of para-hydroxylation sites is 2. The largest absolute Gasteiger partial charge is 0.444 e. The number of pyridine rings is 2. The molecule has 0 aliphatic carbocycles. The molecule has 4 heterocycles. The highest BCUT2D eigenvalue weighted by molar-refractivity contribution is 5.80. The minimum atomic E-state index is -0.537. The fraction of sp³-hybridized carbons (Fsp3) is 0.604. The van der Waals surface area contributed by atoms with Gasteiger partial charge in [-0.2, -0.15) is 0 Å². The van der Waals surface area contributed by atoms with Crippen molar-refractivity contribution in [2.75, 3.05) is 26.2 Å². The van der Waals surface area contributed by atoms with Crippen molar-refractivity contribution >= 4 is 40.0 Å². The smallest absolute Gasteiger partial charge is 0.410 e. The highest BCUT2D eigenvalue weighted by Crippen LogP contribution is 2.30. The topological polar surface area (TPSA) is 140 Å². The maximum atomic E-state index is 13.6. The molecule has 2 aromatic heterocycles. The van der Waals surface area contributed by atoms with Gasteiger partial charge in [0.25, 0.3) is 11.1 Å². The molecule has 356 valence electrons. The zero-order chi connectivity index (χ0) is 47.0. The number of unbranched alkanes of at least 4 members (excludes halogenated alkanes) is 10. The van der Waals surface area contributed by atoms with E-state index in [1.54, 1.807) is 14.4 Å². The van der Waals surface area contributed by atoms with Gasteiger partial charge in [-0.1, -0.05) is 108 Å². The normalized spacial score (nSPS) is 15.1. The quantitative estimate of drug-likeness (QED) is 0.0666. The number of nitrogens with one attached hydrogen (secondary N) is 1. The number of fused-ring (bicyclic) bond motifs is 2. The summed E-state index contributed by atoms with van der Waals surface area (Å²) in [5, 5.41) is 1.99. The van der Waals surface area contributed by atoms with E-state index >= 15 is 0 Å². The highest BCUT2D eigenvalue weighted by Gasteiger charge is 2.30. The Bertz CT molecular complexity index is 2270. The molecule has 65 heavy (non-hydrogen) atoms. The number of likely N-dealkylation sites (tertiary alicyclic amines) is 2. The molecule has 12 nitrogen and oxygen atoms in total. The van der Waals surface area contributed by atoms with Gasteiger partial charge in [0, 0.05) is 49.2 Å². The van der Waals surface area contributed by atoms with Crippen molar-refractivity contribution in [2.45, 2.75) is 181 Å². The molecule has 0 radical (unpaired) electrons. The Morgan fingerprint density at radius 1 is 0.615 bits per heavy atom. The minimum absolute atomic E-state index is 0.0237. The molecule has 2 aromatic carbocycles. The van der Waals surface area contributed by atoms with Gasteiger partial charge in [0.05, 0.1) is 5.52 Å². The lowest BCUT2D eigenvalue weighted by Gasteiger charge is -2.33. The SMILES string of the molecule is CC(C)(C)OC(=O)N1CCC(c2cc3ccccc3[nH]c2=O)CC1.CCCCCCCCCCCCCC(=O)OCn1c(=O)c(C2CCN(C(=O)OC(C)(C)C)CC2)cc2ccccc21. The molecular weight excluding hydrogens is 821 g/mol. The van der Waals surface area contributed by atoms with E-state index in [0.717, 1.165) is 59.5 Å². The van der Waals surface area contributed by atoms with Gasteiger partial charge in [-0.3, -0.25) is 19.0 Å². The Hall–Kier alpha value is -5.13. The number of amides is 2. The van der Waals surface area contributed by atoms with E-state index in [2.05, 4.69) is 11.9 Å². The number of hydrogen-bond donors (Lipinski definition) is 1. The molecule has 12 heteroatoms. The van der Waals surface area contributed by atoms with Crippen LogP contribution < -0.4 is 11.1 Å². The summed E-state index contributed by atoms with van der Waals surface area (Å²) in [6, 6.07) is 19.5. The Balaban J connectivity index is 0.000000279. The van der Waals surface area contributed by atoms with Crippen LogP contribution in [0.2, 0.25) is 0 Å². The van der Waals surface area contributed by atoms with Gasteiger partial charge in [0.15, 0.2) is 6.73 Å². The fourth-order valence-electron chi connectivity index (χ4n) is 8.78. The first kappa shape index (κ1) is 50.9. The number of nitrogens with zero attached hydrogens (tertiary/aromatic N) is 3. The van der Waals surface area contributed by atoms with Crippen LogP contribution in [0.15, 0.2) is 70.3 Å².